The van der Waals surface area contributed by atoms with Crippen molar-refractivity contribution in [3.8, 4) is 11.3 Å². The Morgan fingerprint density at radius 2 is 1.78 bits per heavy atom. The summed E-state index contributed by atoms with van der Waals surface area (Å²) in [5.41, 5.74) is 3.39. The fourth-order valence-corrected chi connectivity index (χ4v) is 5.14. The summed E-state index contributed by atoms with van der Waals surface area (Å²) in [5.74, 6) is 0.664. The largest absolute Gasteiger partial charge is 0.456 e. The number of benzene rings is 3. The molecule has 0 atom stereocenters. The van der Waals surface area contributed by atoms with Gasteiger partial charge in [-0.05, 0) is 61.5 Å². The second kappa shape index (κ2) is 7.85. The Bertz CT molecular complexity index is 1670. The first-order valence-electron chi connectivity index (χ1n) is 9.72. The topological polar surface area (TPSA) is 72.5 Å². The van der Waals surface area contributed by atoms with E-state index in [2.05, 4.69) is 4.98 Å². The Labute approximate surface area is 193 Å². The van der Waals surface area contributed by atoms with Crippen molar-refractivity contribution in [1.82, 2.24) is 4.98 Å². The maximum atomic E-state index is 11.9. The molecule has 0 bridgehead atoms. The van der Waals surface area contributed by atoms with Crippen LogP contribution in [0.4, 0.5) is 5.13 Å². The number of rotatable bonds is 3. The highest BCUT2D eigenvalue weighted by Crippen LogP contribution is 2.30. The number of nitrogens with zero attached hydrogens (tertiary/aromatic N) is 2. The first-order valence-corrected chi connectivity index (χ1v) is 12.8. The van der Waals surface area contributed by atoms with E-state index >= 15 is 0 Å². The van der Waals surface area contributed by atoms with E-state index in [-0.39, 0.29) is 4.90 Å². The molecule has 0 aliphatic heterocycles. The molecule has 0 saturated carbocycles. The van der Waals surface area contributed by atoms with Gasteiger partial charge in [0.2, 0.25) is 5.13 Å². The van der Waals surface area contributed by atoms with Gasteiger partial charge < -0.3 is 4.42 Å². The minimum Gasteiger partial charge on any atom is -0.456 e. The lowest BCUT2D eigenvalue weighted by Crippen LogP contribution is -2.03. The highest BCUT2D eigenvalue weighted by atomic mass is 35.5. The van der Waals surface area contributed by atoms with Crippen LogP contribution in [0.15, 0.2) is 81.0 Å². The molecule has 3 aromatic carbocycles. The van der Waals surface area contributed by atoms with Crippen molar-refractivity contribution in [2.24, 2.45) is 4.99 Å². The standard InChI is InChI=1S/C24H17ClN2O3S2/c1-14-3-10-21-18(11-14)20(13-22(30-21)15-4-6-16(25)7-5-15)27-24-26-19-9-8-17(32(2,28)29)12-23(19)31-24/h3-13H,1-2H3. The third kappa shape index (κ3) is 4.07. The van der Waals surface area contributed by atoms with Crippen molar-refractivity contribution in [3.63, 3.8) is 0 Å². The van der Waals surface area contributed by atoms with Gasteiger partial charge in [-0.15, -0.1) is 0 Å². The van der Waals surface area contributed by atoms with Gasteiger partial charge in [0.05, 0.1) is 20.5 Å². The molecule has 8 heteroatoms. The lowest BCUT2D eigenvalue weighted by Gasteiger charge is -2.06. The Balaban J connectivity index is 1.73. The number of aromatic nitrogens is 1. The highest BCUT2D eigenvalue weighted by Gasteiger charge is 2.12. The molecule has 0 N–H and O–H groups in total. The molecule has 0 aliphatic rings. The number of sulfone groups is 1. The number of hydrogen-bond acceptors (Lipinski definition) is 6. The number of hydrogen-bond donors (Lipinski definition) is 0. The van der Waals surface area contributed by atoms with Crippen molar-refractivity contribution >= 4 is 59.1 Å². The van der Waals surface area contributed by atoms with E-state index in [0.717, 1.165) is 26.6 Å². The van der Waals surface area contributed by atoms with Gasteiger partial charge >= 0.3 is 0 Å². The lowest BCUT2D eigenvalue weighted by molar-refractivity contribution is 0.602. The summed E-state index contributed by atoms with van der Waals surface area (Å²) in [6.45, 7) is 2.01. The summed E-state index contributed by atoms with van der Waals surface area (Å²) < 4.78 is 30.7. The number of halogens is 1. The number of thiazole rings is 1. The van der Waals surface area contributed by atoms with Crippen LogP contribution in [0.2, 0.25) is 5.02 Å². The van der Waals surface area contributed by atoms with Gasteiger partial charge in [0, 0.05) is 28.3 Å². The molecule has 0 saturated heterocycles. The van der Waals surface area contributed by atoms with Gasteiger partial charge in [-0.1, -0.05) is 34.6 Å². The minimum atomic E-state index is -3.29. The fraction of sp³-hybridized carbons (Fsp3) is 0.0833. The molecule has 0 radical (unpaired) electrons. The van der Waals surface area contributed by atoms with Crippen molar-refractivity contribution in [2.75, 3.05) is 6.26 Å². The monoisotopic (exact) mass is 480 g/mol. The number of aryl methyl sites for hydroxylation is 1. The van der Waals surface area contributed by atoms with Crippen LogP contribution in [0, 0.1) is 6.92 Å². The van der Waals surface area contributed by atoms with Crippen molar-refractivity contribution in [1.29, 1.82) is 0 Å². The average molecular weight is 481 g/mol. The first kappa shape index (κ1) is 20.9. The fourth-order valence-electron chi connectivity index (χ4n) is 3.41. The summed E-state index contributed by atoms with van der Waals surface area (Å²) in [5, 5.41) is 2.79. The summed E-state index contributed by atoms with van der Waals surface area (Å²) >= 11 is 7.38. The van der Waals surface area contributed by atoms with E-state index in [1.165, 1.54) is 17.6 Å². The Morgan fingerprint density at radius 1 is 1.00 bits per heavy atom. The minimum absolute atomic E-state index is 0.268. The quantitative estimate of drug-likeness (QED) is 0.303. The summed E-state index contributed by atoms with van der Waals surface area (Å²) in [6.07, 6.45) is 1.20. The molecular formula is C24H17ClN2O3S2. The van der Waals surface area contributed by atoms with Crippen LogP contribution in [0.5, 0.6) is 0 Å². The van der Waals surface area contributed by atoms with Gasteiger partial charge in [0.25, 0.3) is 0 Å². The Morgan fingerprint density at radius 3 is 2.53 bits per heavy atom. The molecule has 0 fully saturated rings. The van der Waals surface area contributed by atoms with Crippen molar-refractivity contribution < 1.29 is 12.8 Å². The summed E-state index contributed by atoms with van der Waals surface area (Å²) in [4.78, 5) is 9.67. The van der Waals surface area contributed by atoms with Gasteiger partial charge in [-0.3, -0.25) is 0 Å². The second-order valence-electron chi connectivity index (χ2n) is 7.51. The van der Waals surface area contributed by atoms with E-state index in [1.807, 2.05) is 55.5 Å². The maximum Gasteiger partial charge on any atom is 0.210 e. The molecule has 32 heavy (non-hydrogen) atoms. The zero-order valence-corrected chi connectivity index (χ0v) is 19.6. The molecule has 5 aromatic rings. The number of fused-ring (bicyclic) bond motifs is 2. The van der Waals surface area contributed by atoms with Crippen molar-refractivity contribution in [2.45, 2.75) is 11.8 Å². The van der Waals surface area contributed by atoms with Crippen LogP contribution in [-0.2, 0) is 9.84 Å². The van der Waals surface area contributed by atoms with Gasteiger partial charge in [0.15, 0.2) is 9.84 Å². The van der Waals surface area contributed by atoms with Crippen molar-refractivity contribution in [3.05, 3.63) is 82.7 Å². The third-order valence-corrected chi connectivity index (χ3v) is 7.29. The molecule has 5 rings (SSSR count). The lowest BCUT2D eigenvalue weighted by atomic mass is 10.1. The van der Waals surface area contributed by atoms with E-state index in [9.17, 15) is 8.42 Å². The zero-order valence-electron chi connectivity index (χ0n) is 17.2. The molecule has 2 aromatic heterocycles. The summed E-state index contributed by atoms with van der Waals surface area (Å²) in [6, 6.07) is 20.2. The molecule has 0 amide bonds. The van der Waals surface area contributed by atoms with Crippen LogP contribution in [0.1, 0.15) is 5.56 Å². The normalized spacial score (nSPS) is 12.7. The first-order chi connectivity index (χ1) is 15.3. The van der Waals surface area contributed by atoms with E-state index < -0.39 is 9.84 Å². The zero-order chi connectivity index (χ0) is 22.5. The van der Waals surface area contributed by atoms with E-state index in [4.69, 9.17) is 21.0 Å². The van der Waals surface area contributed by atoms with Crippen LogP contribution >= 0.6 is 22.9 Å². The third-order valence-electron chi connectivity index (χ3n) is 5.02. The van der Waals surface area contributed by atoms with Crippen LogP contribution in [0.25, 0.3) is 32.5 Å². The molecule has 0 unspecified atom stereocenters. The molecular weight excluding hydrogens is 464 g/mol. The molecule has 160 valence electrons. The van der Waals surface area contributed by atoms with E-state index in [1.54, 1.807) is 18.2 Å². The van der Waals surface area contributed by atoms with Gasteiger partial charge in [0.1, 0.15) is 11.3 Å². The van der Waals surface area contributed by atoms with Crippen LogP contribution in [-0.4, -0.2) is 19.7 Å². The molecule has 0 aliphatic carbocycles. The van der Waals surface area contributed by atoms with Gasteiger partial charge in [-0.2, -0.15) is 0 Å². The van der Waals surface area contributed by atoms with Crippen LogP contribution in [0.3, 0.4) is 0 Å². The highest BCUT2D eigenvalue weighted by molar-refractivity contribution is 7.90. The second-order valence-corrected chi connectivity index (χ2v) is 11.0. The smallest absolute Gasteiger partial charge is 0.210 e. The molecule has 0 spiro atoms. The predicted molar refractivity (Wildman–Crippen MR) is 129 cm³/mol. The predicted octanol–water partition coefficient (Wildman–Crippen LogP) is 6.31. The SMILES string of the molecule is Cc1ccc2oc(-c3ccc(Cl)cc3)cc(=Nc3nc4ccc(S(C)(=O)=O)cc4s3)c2c1. The van der Waals surface area contributed by atoms with Crippen LogP contribution < -0.4 is 5.36 Å². The Hall–Kier alpha value is -3.00. The van der Waals surface area contributed by atoms with Gasteiger partial charge in [-0.25, -0.2) is 18.4 Å². The van der Waals surface area contributed by atoms with E-state index in [0.29, 0.717) is 27.0 Å². The average Bonchev–Trinajstić information content (AvgIpc) is 3.15. The maximum absolute atomic E-state index is 11.9. The molecule has 5 nitrogen and oxygen atoms in total. The Kier molecular flexibility index (Phi) is 5.12. The molecule has 2 heterocycles. The summed E-state index contributed by atoms with van der Waals surface area (Å²) in [7, 11) is -3.29.